The van der Waals surface area contributed by atoms with Crippen LogP contribution >= 0.6 is 0 Å². The Morgan fingerprint density at radius 3 is 2.69 bits per heavy atom. The summed E-state index contributed by atoms with van der Waals surface area (Å²) in [6.07, 6.45) is 3.95. The fourth-order valence-electron chi connectivity index (χ4n) is 4.60. The van der Waals surface area contributed by atoms with Gasteiger partial charge in [0.2, 0.25) is 11.8 Å². The SMILES string of the molecule is CC(=O)NC(Cc1c[nH]c2ccccc12)C(=O)N1CCC(c2nc3ccccc3o2)CC1. The normalized spacial score (nSPS) is 15.8. The molecule has 0 radical (unpaired) electrons. The van der Waals surface area contributed by atoms with Gasteiger partial charge in [-0.1, -0.05) is 30.3 Å². The second-order valence-corrected chi connectivity index (χ2v) is 8.44. The highest BCUT2D eigenvalue weighted by Gasteiger charge is 2.31. The molecule has 3 heterocycles. The lowest BCUT2D eigenvalue weighted by molar-refractivity contribution is -0.137. The fraction of sp³-hybridized carbons (Fsp3) is 0.320. The van der Waals surface area contributed by atoms with E-state index in [4.69, 9.17) is 4.42 Å². The molecule has 32 heavy (non-hydrogen) atoms. The molecule has 0 spiro atoms. The summed E-state index contributed by atoms with van der Waals surface area (Å²) in [5.74, 6) is 0.695. The molecule has 1 unspecified atom stereocenters. The number of amides is 2. The molecule has 0 bridgehead atoms. The van der Waals surface area contributed by atoms with Crippen molar-refractivity contribution < 1.29 is 14.0 Å². The Hall–Kier alpha value is -3.61. The van der Waals surface area contributed by atoms with Crippen LogP contribution in [0.15, 0.2) is 59.1 Å². The number of hydrogen-bond acceptors (Lipinski definition) is 4. The predicted octanol–water partition coefficient (Wildman–Crippen LogP) is 3.76. The van der Waals surface area contributed by atoms with Gasteiger partial charge in [0.1, 0.15) is 11.6 Å². The Kier molecular flexibility index (Phi) is 5.39. The standard InChI is InChI=1S/C25H26N4O3/c1-16(30)27-22(14-18-15-26-20-7-3-2-6-19(18)20)25(31)29-12-10-17(11-13-29)24-28-21-8-4-5-9-23(21)32-24/h2-9,15,17,22,26H,10-14H2,1H3,(H,27,30). The Morgan fingerprint density at radius 2 is 1.91 bits per heavy atom. The van der Waals surface area contributed by atoms with E-state index in [0.29, 0.717) is 19.5 Å². The van der Waals surface area contributed by atoms with Crippen LogP contribution in [0.2, 0.25) is 0 Å². The lowest BCUT2D eigenvalue weighted by Gasteiger charge is -2.33. The first kappa shape index (κ1) is 20.3. The first-order valence-corrected chi connectivity index (χ1v) is 11.0. The third-order valence-corrected chi connectivity index (χ3v) is 6.24. The Balaban J connectivity index is 1.28. The molecule has 5 rings (SSSR count). The molecule has 2 N–H and O–H groups in total. The number of fused-ring (bicyclic) bond motifs is 2. The molecule has 7 nitrogen and oxygen atoms in total. The number of para-hydroxylation sites is 3. The molecule has 7 heteroatoms. The third kappa shape index (κ3) is 3.98. The van der Waals surface area contributed by atoms with E-state index in [9.17, 15) is 9.59 Å². The van der Waals surface area contributed by atoms with Crippen molar-refractivity contribution in [1.82, 2.24) is 20.2 Å². The highest BCUT2D eigenvalue weighted by atomic mass is 16.3. The molecule has 0 saturated carbocycles. The number of carbonyl (C=O) groups excluding carboxylic acids is 2. The largest absolute Gasteiger partial charge is 0.440 e. The van der Waals surface area contributed by atoms with E-state index in [2.05, 4.69) is 15.3 Å². The average molecular weight is 431 g/mol. The van der Waals surface area contributed by atoms with Crippen LogP contribution < -0.4 is 5.32 Å². The molecule has 1 aliphatic heterocycles. The van der Waals surface area contributed by atoms with Gasteiger partial charge in [-0.2, -0.15) is 0 Å². The van der Waals surface area contributed by atoms with Gasteiger partial charge in [-0.3, -0.25) is 9.59 Å². The van der Waals surface area contributed by atoms with Crippen LogP contribution in [0.5, 0.6) is 0 Å². The second-order valence-electron chi connectivity index (χ2n) is 8.44. The van der Waals surface area contributed by atoms with Crippen molar-refractivity contribution in [2.45, 2.75) is 38.1 Å². The van der Waals surface area contributed by atoms with Crippen molar-refractivity contribution in [2.24, 2.45) is 0 Å². The summed E-state index contributed by atoms with van der Waals surface area (Å²) >= 11 is 0. The van der Waals surface area contributed by atoms with Crippen molar-refractivity contribution in [3.63, 3.8) is 0 Å². The van der Waals surface area contributed by atoms with Crippen LogP contribution in [0.3, 0.4) is 0 Å². The number of rotatable bonds is 5. The van der Waals surface area contributed by atoms with Crippen LogP contribution in [0.25, 0.3) is 22.0 Å². The average Bonchev–Trinajstić information content (AvgIpc) is 3.42. The minimum atomic E-state index is -0.590. The Labute approximate surface area is 185 Å². The zero-order valence-corrected chi connectivity index (χ0v) is 18.0. The number of aromatic amines is 1. The molecule has 164 valence electrons. The van der Waals surface area contributed by atoms with Gasteiger partial charge in [0.15, 0.2) is 11.5 Å². The van der Waals surface area contributed by atoms with Gasteiger partial charge in [0.25, 0.3) is 0 Å². The van der Waals surface area contributed by atoms with Gasteiger partial charge in [-0.05, 0) is 36.6 Å². The van der Waals surface area contributed by atoms with E-state index in [-0.39, 0.29) is 17.7 Å². The third-order valence-electron chi connectivity index (χ3n) is 6.24. The monoisotopic (exact) mass is 430 g/mol. The smallest absolute Gasteiger partial charge is 0.245 e. The molecule has 2 aromatic carbocycles. The minimum Gasteiger partial charge on any atom is -0.440 e. The number of piperidine rings is 1. The van der Waals surface area contributed by atoms with E-state index in [0.717, 1.165) is 46.3 Å². The van der Waals surface area contributed by atoms with Crippen LogP contribution in [0, 0.1) is 0 Å². The molecule has 1 aliphatic rings. The maximum Gasteiger partial charge on any atom is 0.245 e. The van der Waals surface area contributed by atoms with Crippen molar-refractivity contribution in [1.29, 1.82) is 0 Å². The zero-order valence-electron chi connectivity index (χ0n) is 18.0. The number of carbonyl (C=O) groups is 2. The number of hydrogen-bond donors (Lipinski definition) is 2. The summed E-state index contributed by atoms with van der Waals surface area (Å²) in [5.41, 5.74) is 3.71. The van der Waals surface area contributed by atoms with Gasteiger partial charge >= 0.3 is 0 Å². The highest BCUT2D eigenvalue weighted by molar-refractivity contribution is 5.89. The van der Waals surface area contributed by atoms with Crippen molar-refractivity contribution in [3.05, 3.63) is 66.2 Å². The Bertz CT molecular complexity index is 1230. The van der Waals surface area contributed by atoms with Gasteiger partial charge in [-0.25, -0.2) is 4.98 Å². The van der Waals surface area contributed by atoms with Gasteiger partial charge in [0.05, 0.1) is 0 Å². The second kappa shape index (κ2) is 8.49. The van der Waals surface area contributed by atoms with Gasteiger partial charge in [-0.15, -0.1) is 0 Å². The fourth-order valence-corrected chi connectivity index (χ4v) is 4.60. The quantitative estimate of drug-likeness (QED) is 0.504. The van der Waals surface area contributed by atoms with Crippen LogP contribution in [0.1, 0.15) is 37.1 Å². The van der Waals surface area contributed by atoms with Crippen LogP contribution in [-0.2, 0) is 16.0 Å². The molecular weight excluding hydrogens is 404 g/mol. The van der Waals surface area contributed by atoms with Crippen molar-refractivity contribution >= 4 is 33.8 Å². The molecule has 1 fully saturated rings. The molecule has 1 saturated heterocycles. The number of nitrogens with zero attached hydrogens (tertiary/aromatic N) is 2. The van der Waals surface area contributed by atoms with E-state index in [1.807, 2.05) is 59.6 Å². The van der Waals surface area contributed by atoms with Crippen LogP contribution in [0.4, 0.5) is 0 Å². The molecule has 2 aromatic heterocycles. The van der Waals surface area contributed by atoms with E-state index < -0.39 is 6.04 Å². The summed E-state index contributed by atoms with van der Waals surface area (Å²) in [6, 6.07) is 15.2. The van der Waals surface area contributed by atoms with Crippen molar-refractivity contribution in [3.8, 4) is 0 Å². The maximum absolute atomic E-state index is 13.3. The van der Waals surface area contributed by atoms with E-state index >= 15 is 0 Å². The highest BCUT2D eigenvalue weighted by Crippen LogP contribution is 2.30. The van der Waals surface area contributed by atoms with E-state index in [1.165, 1.54) is 6.92 Å². The predicted molar refractivity (Wildman–Crippen MR) is 122 cm³/mol. The lowest BCUT2D eigenvalue weighted by Crippen LogP contribution is -2.51. The van der Waals surface area contributed by atoms with E-state index in [1.54, 1.807) is 0 Å². The molecular formula is C25H26N4O3. The molecule has 0 aliphatic carbocycles. The first-order chi connectivity index (χ1) is 15.6. The topological polar surface area (TPSA) is 91.2 Å². The molecule has 1 atom stereocenters. The van der Waals surface area contributed by atoms with Crippen LogP contribution in [-0.4, -0.2) is 45.8 Å². The summed E-state index contributed by atoms with van der Waals surface area (Å²) < 4.78 is 5.94. The zero-order chi connectivity index (χ0) is 22.1. The van der Waals surface area contributed by atoms with Gasteiger partial charge in [0, 0.05) is 49.5 Å². The summed E-state index contributed by atoms with van der Waals surface area (Å²) in [6.45, 7) is 2.69. The Morgan fingerprint density at radius 1 is 1.16 bits per heavy atom. The minimum absolute atomic E-state index is 0.0403. The number of aromatic nitrogens is 2. The van der Waals surface area contributed by atoms with Crippen molar-refractivity contribution in [2.75, 3.05) is 13.1 Å². The summed E-state index contributed by atoms with van der Waals surface area (Å²) in [5, 5.41) is 3.94. The maximum atomic E-state index is 13.3. The van der Waals surface area contributed by atoms with Gasteiger partial charge < -0.3 is 19.6 Å². The summed E-state index contributed by atoms with van der Waals surface area (Å²) in [7, 11) is 0. The summed E-state index contributed by atoms with van der Waals surface area (Å²) in [4.78, 5) is 34.9. The lowest BCUT2D eigenvalue weighted by atomic mass is 9.95. The molecule has 2 amide bonds. The number of oxazole rings is 1. The molecule has 4 aromatic rings. The first-order valence-electron chi connectivity index (χ1n) is 11.0. The number of H-pyrrole nitrogens is 1. The number of likely N-dealkylation sites (tertiary alicyclic amines) is 1. The number of benzene rings is 2. The number of nitrogens with one attached hydrogen (secondary N) is 2.